The normalized spacial score (nSPS) is 8.94. The maximum absolute atomic E-state index is 2.22. The molecule has 0 amide bonds. The fourth-order valence-electron chi connectivity index (χ4n) is 1.61. The lowest BCUT2D eigenvalue weighted by molar-refractivity contribution is 0.918. The second-order valence-electron chi connectivity index (χ2n) is 3.41. The van der Waals surface area contributed by atoms with E-state index < -0.39 is 0 Å². The van der Waals surface area contributed by atoms with E-state index in [1.165, 1.54) is 22.2 Å². The molecule has 0 fully saturated rings. The molecule has 1 heteroatoms. The number of benzene rings is 1. The van der Waals surface area contributed by atoms with E-state index in [-0.39, 0.29) is 0 Å². The molecule has 0 unspecified atom stereocenters. The van der Waals surface area contributed by atoms with Crippen LogP contribution in [0, 0.1) is 13.8 Å². The van der Waals surface area contributed by atoms with Crippen LogP contribution in [-0.2, 0) is 7.05 Å². The van der Waals surface area contributed by atoms with Crippen LogP contribution in [0.2, 0.25) is 0 Å². The van der Waals surface area contributed by atoms with Crippen molar-refractivity contribution >= 4 is 10.9 Å². The Morgan fingerprint density at radius 1 is 0.875 bits per heavy atom. The van der Waals surface area contributed by atoms with Crippen LogP contribution >= 0.6 is 0 Å². The summed E-state index contributed by atoms with van der Waals surface area (Å²) in [6, 6.07) is 8.78. The van der Waals surface area contributed by atoms with Gasteiger partial charge in [-0.3, -0.25) is 0 Å². The molecule has 0 aliphatic rings. The summed E-state index contributed by atoms with van der Waals surface area (Å²) < 4.78 is 2.22. The van der Waals surface area contributed by atoms with Gasteiger partial charge in [0.15, 0.2) is 0 Å². The van der Waals surface area contributed by atoms with Gasteiger partial charge in [-0.1, -0.05) is 39.3 Å². The van der Waals surface area contributed by atoms with E-state index in [2.05, 4.69) is 49.7 Å². The Morgan fingerprint density at radius 3 is 2.00 bits per heavy atom. The van der Waals surface area contributed by atoms with Crippen molar-refractivity contribution in [3.63, 3.8) is 0 Å². The molecule has 0 radical (unpaired) electrons. The molecule has 0 aliphatic heterocycles. The molecule has 0 saturated carbocycles. The second-order valence-corrected chi connectivity index (χ2v) is 3.41. The lowest BCUT2D eigenvalue weighted by Crippen LogP contribution is -1.88. The summed E-state index contributed by atoms with van der Waals surface area (Å²) >= 11 is 0. The maximum Gasteiger partial charge on any atom is 0.0479 e. The van der Waals surface area contributed by atoms with Gasteiger partial charge in [0.1, 0.15) is 0 Å². The van der Waals surface area contributed by atoms with Gasteiger partial charge in [0.05, 0.1) is 0 Å². The first-order valence-electron chi connectivity index (χ1n) is 6.21. The lowest BCUT2D eigenvalue weighted by atomic mass is 10.2. The highest BCUT2D eigenvalue weighted by molar-refractivity contribution is 5.81. The van der Waals surface area contributed by atoms with Crippen molar-refractivity contribution in [3.8, 4) is 0 Å². The number of rotatable bonds is 0. The van der Waals surface area contributed by atoms with Crippen LogP contribution in [0.4, 0.5) is 0 Å². The molecule has 0 spiro atoms. The Balaban J connectivity index is 0.000000509. The quantitative estimate of drug-likeness (QED) is 0.597. The molecular formula is C15H25N. The Kier molecular flexibility index (Phi) is 6.55. The van der Waals surface area contributed by atoms with Crippen LogP contribution < -0.4 is 0 Å². The van der Waals surface area contributed by atoms with Gasteiger partial charge in [0.25, 0.3) is 0 Å². The molecule has 90 valence electrons. The third-order valence-electron chi connectivity index (χ3n) is 2.44. The van der Waals surface area contributed by atoms with Crippen LogP contribution in [0.5, 0.6) is 0 Å². The van der Waals surface area contributed by atoms with Gasteiger partial charge < -0.3 is 4.57 Å². The average Bonchev–Trinajstić information content (AvgIpc) is 2.60. The van der Waals surface area contributed by atoms with Crippen molar-refractivity contribution in [1.82, 2.24) is 4.57 Å². The van der Waals surface area contributed by atoms with Crippen molar-refractivity contribution in [2.45, 2.75) is 41.5 Å². The molecule has 2 aromatic rings. The molecule has 0 bridgehead atoms. The zero-order valence-electron chi connectivity index (χ0n) is 11.8. The first-order valence-corrected chi connectivity index (χ1v) is 6.21. The zero-order chi connectivity index (χ0) is 12.7. The second kappa shape index (κ2) is 7.10. The van der Waals surface area contributed by atoms with Gasteiger partial charge in [0.2, 0.25) is 0 Å². The lowest BCUT2D eigenvalue weighted by Gasteiger charge is -1.98. The molecule has 1 aromatic heterocycles. The van der Waals surface area contributed by atoms with E-state index in [0.717, 1.165) is 0 Å². The highest BCUT2D eigenvalue weighted by Crippen LogP contribution is 2.18. The van der Waals surface area contributed by atoms with Gasteiger partial charge in [-0.15, -0.1) is 0 Å². The van der Waals surface area contributed by atoms with Crippen molar-refractivity contribution < 1.29 is 0 Å². The first kappa shape index (κ1) is 14.8. The molecule has 0 saturated heterocycles. The fourth-order valence-corrected chi connectivity index (χ4v) is 1.61. The summed E-state index contributed by atoms with van der Waals surface area (Å²) in [5, 5.41) is 1.34. The van der Waals surface area contributed by atoms with Crippen molar-refractivity contribution in [3.05, 3.63) is 35.5 Å². The monoisotopic (exact) mass is 219 g/mol. The summed E-state index contributed by atoms with van der Waals surface area (Å²) in [6.45, 7) is 12.3. The van der Waals surface area contributed by atoms with Crippen molar-refractivity contribution in [2.75, 3.05) is 0 Å². The summed E-state index contributed by atoms with van der Waals surface area (Å²) in [4.78, 5) is 0. The van der Waals surface area contributed by atoms with Crippen LogP contribution in [-0.4, -0.2) is 4.57 Å². The van der Waals surface area contributed by atoms with Crippen LogP contribution in [0.25, 0.3) is 10.9 Å². The molecule has 0 aliphatic carbocycles. The Morgan fingerprint density at radius 2 is 1.44 bits per heavy atom. The molecule has 1 aromatic carbocycles. The Hall–Kier alpha value is -1.24. The predicted molar refractivity (Wildman–Crippen MR) is 75.1 cm³/mol. The standard InChI is InChI=1S/C11H13N.2C2H6/c1-8-4-5-11-10(6-8)7-9(2)12(11)3;2*1-2/h4-7H,1-3H3;2*1-2H3. The molecule has 1 nitrogen and oxygen atoms in total. The van der Waals surface area contributed by atoms with E-state index >= 15 is 0 Å². The van der Waals surface area contributed by atoms with E-state index in [0.29, 0.717) is 0 Å². The number of nitrogens with zero attached hydrogens (tertiary/aromatic N) is 1. The smallest absolute Gasteiger partial charge is 0.0479 e. The minimum atomic E-state index is 1.32. The number of fused-ring (bicyclic) bond motifs is 1. The Bertz CT molecular complexity index is 424. The van der Waals surface area contributed by atoms with E-state index in [9.17, 15) is 0 Å². The van der Waals surface area contributed by atoms with E-state index in [4.69, 9.17) is 0 Å². The van der Waals surface area contributed by atoms with Gasteiger partial charge in [-0.2, -0.15) is 0 Å². The third kappa shape index (κ3) is 3.13. The van der Waals surface area contributed by atoms with Gasteiger partial charge in [-0.25, -0.2) is 0 Å². The molecular weight excluding hydrogens is 194 g/mol. The van der Waals surface area contributed by atoms with Crippen molar-refractivity contribution in [1.29, 1.82) is 0 Å². The average molecular weight is 219 g/mol. The topological polar surface area (TPSA) is 4.93 Å². The number of hydrogen-bond donors (Lipinski definition) is 0. The number of aromatic nitrogens is 1. The molecule has 16 heavy (non-hydrogen) atoms. The fraction of sp³-hybridized carbons (Fsp3) is 0.467. The number of aryl methyl sites for hydroxylation is 3. The minimum absolute atomic E-state index is 1.32. The Labute approximate surface area is 100 Å². The maximum atomic E-state index is 2.22. The largest absolute Gasteiger partial charge is 0.348 e. The molecule has 1 heterocycles. The van der Waals surface area contributed by atoms with E-state index in [1.54, 1.807) is 0 Å². The SMILES string of the molecule is CC.CC.Cc1ccc2c(c1)cc(C)n2C. The third-order valence-corrected chi connectivity index (χ3v) is 2.44. The highest BCUT2D eigenvalue weighted by atomic mass is 14.9. The van der Waals surface area contributed by atoms with E-state index in [1.807, 2.05) is 27.7 Å². The summed E-state index contributed by atoms with van der Waals surface area (Å²) in [5.41, 5.74) is 3.96. The van der Waals surface area contributed by atoms with Crippen LogP contribution in [0.3, 0.4) is 0 Å². The molecule has 0 atom stereocenters. The summed E-state index contributed by atoms with van der Waals surface area (Å²) in [6.07, 6.45) is 0. The van der Waals surface area contributed by atoms with Crippen LogP contribution in [0.1, 0.15) is 39.0 Å². The predicted octanol–water partition coefficient (Wildman–Crippen LogP) is 4.85. The summed E-state index contributed by atoms with van der Waals surface area (Å²) in [5.74, 6) is 0. The summed E-state index contributed by atoms with van der Waals surface area (Å²) in [7, 11) is 2.10. The minimum Gasteiger partial charge on any atom is -0.348 e. The molecule has 0 N–H and O–H groups in total. The van der Waals surface area contributed by atoms with Crippen LogP contribution in [0.15, 0.2) is 24.3 Å². The van der Waals surface area contributed by atoms with Gasteiger partial charge >= 0.3 is 0 Å². The zero-order valence-corrected chi connectivity index (χ0v) is 11.8. The number of hydrogen-bond acceptors (Lipinski definition) is 0. The first-order chi connectivity index (χ1) is 7.68. The van der Waals surface area contributed by atoms with Gasteiger partial charge in [-0.05, 0) is 32.0 Å². The van der Waals surface area contributed by atoms with Gasteiger partial charge in [0, 0.05) is 23.6 Å². The van der Waals surface area contributed by atoms with Crippen molar-refractivity contribution in [2.24, 2.45) is 7.05 Å². The molecule has 2 rings (SSSR count). The highest BCUT2D eigenvalue weighted by Gasteiger charge is 2.00.